The molecule has 1 unspecified atom stereocenters. The molecule has 2 aromatic carbocycles. The van der Waals surface area contributed by atoms with E-state index in [0.29, 0.717) is 30.4 Å². The zero-order valence-corrected chi connectivity index (χ0v) is 16.3. The average Bonchev–Trinajstić information content (AvgIpc) is 3.25. The van der Waals surface area contributed by atoms with Crippen LogP contribution in [0.4, 0.5) is 10.1 Å². The Bertz CT molecular complexity index is 976. The van der Waals surface area contributed by atoms with Crippen LogP contribution in [0.5, 0.6) is 0 Å². The van der Waals surface area contributed by atoms with E-state index < -0.39 is 0 Å². The van der Waals surface area contributed by atoms with E-state index in [1.54, 1.807) is 12.1 Å². The van der Waals surface area contributed by atoms with Crippen molar-refractivity contribution in [1.29, 1.82) is 0 Å². The van der Waals surface area contributed by atoms with Gasteiger partial charge in [-0.3, -0.25) is 4.79 Å². The summed E-state index contributed by atoms with van der Waals surface area (Å²) in [7, 11) is 1.91. The molecule has 29 heavy (non-hydrogen) atoms. The van der Waals surface area contributed by atoms with Gasteiger partial charge in [-0.05, 0) is 37.1 Å². The minimum atomic E-state index is -0.342. The first kappa shape index (κ1) is 19.1. The van der Waals surface area contributed by atoms with E-state index in [2.05, 4.69) is 10.1 Å². The fourth-order valence-corrected chi connectivity index (χ4v) is 3.63. The van der Waals surface area contributed by atoms with E-state index in [-0.39, 0.29) is 17.6 Å². The number of aromatic nitrogens is 2. The van der Waals surface area contributed by atoms with Crippen LogP contribution >= 0.6 is 0 Å². The van der Waals surface area contributed by atoms with E-state index in [0.717, 1.165) is 25.1 Å². The van der Waals surface area contributed by atoms with Gasteiger partial charge in [-0.2, -0.15) is 4.98 Å². The Hall–Kier alpha value is -3.22. The second-order valence-corrected chi connectivity index (χ2v) is 7.34. The molecule has 1 atom stereocenters. The van der Waals surface area contributed by atoms with E-state index in [1.165, 1.54) is 12.1 Å². The second kappa shape index (κ2) is 8.43. The monoisotopic (exact) mass is 394 g/mol. The Morgan fingerprint density at radius 3 is 2.86 bits per heavy atom. The summed E-state index contributed by atoms with van der Waals surface area (Å²) in [6.45, 7) is 1.59. The Morgan fingerprint density at radius 2 is 2.07 bits per heavy atom. The number of hydrogen-bond donors (Lipinski definition) is 0. The largest absolute Gasteiger partial charge is 0.365 e. The number of carbonyl (C=O) groups excluding carboxylic acids is 1. The number of nitrogens with zero attached hydrogens (tertiary/aromatic N) is 4. The molecule has 1 aliphatic rings. The molecule has 0 spiro atoms. The van der Waals surface area contributed by atoms with Crippen LogP contribution in [0.1, 0.15) is 24.7 Å². The summed E-state index contributed by atoms with van der Waals surface area (Å²) >= 11 is 0. The van der Waals surface area contributed by atoms with Gasteiger partial charge >= 0.3 is 0 Å². The molecule has 2 heterocycles. The van der Waals surface area contributed by atoms with Crippen LogP contribution in [0.25, 0.3) is 11.4 Å². The lowest BCUT2D eigenvalue weighted by atomic mass is 9.98. The molecular weight excluding hydrogens is 371 g/mol. The molecule has 1 saturated heterocycles. The fraction of sp³-hybridized carbons (Fsp3) is 0.318. The topological polar surface area (TPSA) is 62.5 Å². The Morgan fingerprint density at radius 1 is 1.24 bits per heavy atom. The summed E-state index contributed by atoms with van der Waals surface area (Å²) in [6, 6.07) is 16.0. The Kier molecular flexibility index (Phi) is 5.55. The lowest BCUT2D eigenvalue weighted by Crippen LogP contribution is -2.44. The first-order valence-corrected chi connectivity index (χ1v) is 9.73. The van der Waals surface area contributed by atoms with Crippen molar-refractivity contribution in [3.8, 4) is 11.4 Å². The molecule has 4 rings (SSSR count). The highest BCUT2D eigenvalue weighted by Gasteiger charge is 2.29. The highest BCUT2D eigenvalue weighted by Crippen LogP contribution is 2.28. The van der Waals surface area contributed by atoms with Gasteiger partial charge in [-0.15, -0.1) is 0 Å². The van der Waals surface area contributed by atoms with Gasteiger partial charge in [-0.1, -0.05) is 35.5 Å². The number of hydrogen-bond acceptors (Lipinski definition) is 5. The maximum absolute atomic E-state index is 13.4. The smallest absolute Gasteiger partial charge is 0.242 e. The number of piperidine rings is 1. The number of rotatable bonds is 5. The van der Waals surface area contributed by atoms with E-state index in [4.69, 9.17) is 4.52 Å². The molecule has 0 aliphatic carbocycles. The van der Waals surface area contributed by atoms with Crippen LogP contribution < -0.4 is 4.90 Å². The van der Waals surface area contributed by atoms with Crippen LogP contribution in [0.2, 0.25) is 0 Å². The minimum Gasteiger partial charge on any atom is -0.365 e. The lowest BCUT2D eigenvalue weighted by molar-refractivity contribution is -0.131. The molecule has 6 nitrogen and oxygen atoms in total. The highest BCUT2D eigenvalue weighted by molar-refractivity contribution is 5.81. The molecule has 1 amide bonds. The summed E-state index contributed by atoms with van der Waals surface area (Å²) < 4.78 is 18.9. The van der Waals surface area contributed by atoms with Gasteiger partial charge in [0.2, 0.25) is 17.6 Å². The van der Waals surface area contributed by atoms with Crippen molar-refractivity contribution in [3.05, 3.63) is 66.3 Å². The third-order valence-corrected chi connectivity index (χ3v) is 5.22. The third-order valence-electron chi connectivity index (χ3n) is 5.22. The first-order valence-electron chi connectivity index (χ1n) is 9.73. The van der Waals surface area contributed by atoms with Crippen molar-refractivity contribution in [3.63, 3.8) is 0 Å². The van der Waals surface area contributed by atoms with Gasteiger partial charge in [-0.25, -0.2) is 4.39 Å². The molecule has 150 valence electrons. The number of benzene rings is 2. The van der Waals surface area contributed by atoms with Crippen molar-refractivity contribution < 1.29 is 13.7 Å². The Balaban J connectivity index is 1.41. The summed E-state index contributed by atoms with van der Waals surface area (Å²) in [6.07, 6.45) is 1.76. The SMILES string of the molecule is CN(CC(=O)N1CCCC(c2nc(-c3cccc(F)c3)no2)C1)c1ccccc1. The van der Waals surface area contributed by atoms with Crippen LogP contribution in [0, 0.1) is 5.82 Å². The van der Waals surface area contributed by atoms with Crippen molar-refractivity contribution >= 4 is 11.6 Å². The number of carbonyl (C=O) groups is 1. The Labute approximate surface area is 168 Å². The van der Waals surface area contributed by atoms with Gasteiger partial charge in [0.15, 0.2) is 0 Å². The van der Waals surface area contributed by atoms with Gasteiger partial charge < -0.3 is 14.3 Å². The highest BCUT2D eigenvalue weighted by atomic mass is 19.1. The molecule has 0 bridgehead atoms. The minimum absolute atomic E-state index is 0.00968. The summed E-state index contributed by atoms with van der Waals surface area (Å²) in [5, 5.41) is 4.00. The van der Waals surface area contributed by atoms with Crippen LogP contribution in [-0.4, -0.2) is 47.6 Å². The molecule has 0 N–H and O–H groups in total. The average molecular weight is 394 g/mol. The van der Waals surface area contributed by atoms with E-state index in [9.17, 15) is 9.18 Å². The van der Waals surface area contributed by atoms with Crippen LogP contribution in [0.15, 0.2) is 59.1 Å². The normalized spacial score (nSPS) is 16.6. The van der Waals surface area contributed by atoms with Gasteiger partial charge in [0.1, 0.15) is 5.82 Å². The first-order chi connectivity index (χ1) is 14.1. The van der Waals surface area contributed by atoms with E-state index >= 15 is 0 Å². The molecule has 7 heteroatoms. The standard InChI is InChI=1S/C22H23FN4O2/c1-26(19-10-3-2-4-11-19)15-20(28)27-12-6-8-17(14-27)22-24-21(25-29-22)16-7-5-9-18(23)13-16/h2-5,7,9-11,13,17H,6,8,12,14-15H2,1H3. The third kappa shape index (κ3) is 4.45. The number of likely N-dealkylation sites (N-methyl/N-ethyl adjacent to an activating group) is 1. The maximum atomic E-state index is 13.4. The molecule has 3 aromatic rings. The molecule has 1 aliphatic heterocycles. The molecule has 1 fully saturated rings. The second-order valence-electron chi connectivity index (χ2n) is 7.34. The van der Waals surface area contributed by atoms with Crippen molar-refractivity contribution in [2.45, 2.75) is 18.8 Å². The van der Waals surface area contributed by atoms with Crippen molar-refractivity contribution in [2.24, 2.45) is 0 Å². The van der Waals surface area contributed by atoms with Gasteiger partial charge in [0.05, 0.1) is 12.5 Å². The number of halogens is 1. The predicted octanol–water partition coefficient (Wildman–Crippen LogP) is 3.72. The maximum Gasteiger partial charge on any atom is 0.242 e. The molecule has 0 radical (unpaired) electrons. The lowest BCUT2D eigenvalue weighted by Gasteiger charge is -2.32. The number of para-hydroxylation sites is 1. The number of anilines is 1. The molecule has 1 aromatic heterocycles. The summed E-state index contributed by atoms with van der Waals surface area (Å²) in [4.78, 5) is 21.1. The molecular formula is C22H23FN4O2. The number of amides is 1. The fourth-order valence-electron chi connectivity index (χ4n) is 3.63. The summed E-state index contributed by atoms with van der Waals surface area (Å²) in [5.41, 5.74) is 1.58. The van der Waals surface area contributed by atoms with Crippen LogP contribution in [-0.2, 0) is 4.79 Å². The zero-order valence-electron chi connectivity index (χ0n) is 16.3. The predicted molar refractivity (Wildman–Crippen MR) is 108 cm³/mol. The quantitative estimate of drug-likeness (QED) is 0.660. The summed E-state index contributed by atoms with van der Waals surface area (Å²) in [5.74, 6) is 0.589. The molecule has 0 saturated carbocycles. The van der Waals surface area contributed by atoms with Gasteiger partial charge in [0, 0.05) is 31.4 Å². The van der Waals surface area contributed by atoms with Crippen LogP contribution in [0.3, 0.4) is 0 Å². The number of likely N-dealkylation sites (tertiary alicyclic amines) is 1. The van der Waals surface area contributed by atoms with Gasteiger partial charge in [0.25, 0.3) is 0 Å². The van der Waals surface area contributed by atoms with Crippen molar-refractivity contribution in [1.82, 2.24) is 15.0 Å². The van der Waals surface area contributed by atoms with E-state index in [1.807, 2.05) is 47.2 Å². The van der Waals surface area contributed by atoms with Crippen molar-refractivity contribution in [2.75, 3.05) is 31.6 Å². The zero-order chi connectivity index (χ0) is 20.2.